The molecule has 296 valence electrons. The highest BCUT2D eigenvalue weighted by molar-refractivity contribution is 8.07. The first kappa shape index (κ1) is 42.5. The summed E-state index contributed by atoms with van der Waals surface area (Å²) in [7, 11) is 3.20. The van der Waals surface area contributed by atoms with Crippen molar-refractivity contribution in [2.45, 2.75) is 89.1 Å². The summed E-state index contributed by atoms with van der Waals surface area (Å²) in [5.74, 6) is 1.32. The molecule has 15 heteroatoms. The molecule has 1 N–H and O–H groups in total. The van der Waals surface area contributed by atoms with E-state index in [0.29, 0.717) is 17.1 Å². The third-order valence-corrected chi connectivity index (χ3v) is 11.9. The number of hydrogen-bond donors (Lipinski definition) is 1. The Morgan fingerprint density at radius 3 is 1.82 bits per heavy atom. The second-order valence-electron chi connectivity index (χ2n) is 14.6. The number of nitrogens with zero attached hydrogens (tertiary/aromatic N) is 3. The van der Waals surface area contributed by atoms with Crippen molar-refractivity contribution in [1.29, 1.82) is 10.5 Å². The molecule has 56 heavy (non-hydrogen) atoms. The fraction of sp³-hybridized carbons (Fsp3) is 0.415. The summed E-state index contributed by atoms with van der Waals surface area (Å²) >= 11 is 6.06. The van der Waals surface area contributed by atoms with Gasteiger partial charge in [0.25, 0.3) is 5.56 Å². The van der Waals surface area contributed by atoms with Gasteiger partial charge >= 0.3 is 12.4 Å². The molecule has 3 atom stereocenters. The van der Waals surface area contributed by atoms with Crippen molar-refractivity contribution in [3.05, 3.63) is 128 Å². The van der Waals surface area contributed by atoms with Gasteiger partial charge in [-0.25, -0.2) is 4.79 Å². The Bertz CT molecular complexity index is 2130. The fourth-order valence-electron chi connectivity index (χ4n) is 6.49. The van der Waals surface area contributed by atoms with Crippen LogP contribution in [0.5, 0.6) is 11.5 Å². The molecule has 1 aliphatic heterocycles. The van der Waals surface area contributed by atoms with E-state index in [-0.39, 0.29) is 25.9 Å². The zero-order valence-electron chi connectivity index (χ0n) is 32.5. The number of aryl methyl sites for hydroxylation is 1. The average molecular weight is 803 g/mol. The fourth-order valence-corrected chi connectivity index (χ4v) is 10.1. The van der Waals surface area contributed by atoms with Crippen molar-refractivity contribution in [2.24, 2.45) is 0 Å². The Hall–Kier alpha value is -4.63. The van der Waals surface area contributed by atoms with Crippen LogP contribution in [0.2, 0.25) is 0 Å². The van der Waals surface area contributed by atoms with Crippen molar-refractivity contribution in [3.8, 4) is 23.6 Å². The first-order chi connectivity index (χ1) is 26.6. The highest BCUT2D eigenvalue weighted by Crippen LogP contribution is 2.59. The molecule has 2 heterocycles. The van der Waals surface area contributed by atoms with Gasteiger partial charge in [0, 0.05) is 18.2 Å². The zero-order chi connectivity index (χ0) is 40.7. The standard InChI is InChI=1S/C41H47N4O9PS/c1-28-26-45(38(47)44-37(28)46)36-25-34(52-55(56,53-39(2,3)21-23-42)54-40(4,5)22-24-43)35(51-36)27-50-41(29-11-9-8-10-12-29,30-13-17-32(48-6)18-14-30)31-15-19-33(49-7)20-16-31/h8-20,26,34-36H,21-22,25,27H2,1-7H3,(H,44,46,47)/t34-,35+,36+/m0/s1. The lowest BCUT2D eigenvalue weighted by molar-refractivity contribution is -0.0957. The third kappa shape index (κ3) is 9.84. The predicted molar refractivity (Wildman–Crippen MR) is 213 cm³/mol. The monoisotopic (exact) mass is 802 g/mol. The largest absolute Gasteiger partial charge is 0.497 e. The van der Waals surface area contributed by atoms with Crippen LogP contribution in [0.3, 0.4) is 0 Å². The number of rotatable bonds is 17. The lowest BCUT2D eigenvalue weighted by Gasteiger charge is -2.39. The Morgan fingerprint density at radius 1 is 0.839 bits per heavy atom. The van der Waals surface area contributed by atoms with E-state index in [4.69, 9.17) is 44.3 Å². The molecule has 0 spiro atoms. The van der Waals surface area contributed by atoms with Gasteiger partial charge in [-0.1, -0.05) is 54.6 Å². The van der Waals surface area contributed by atoms with Crippen LogP contribution >= 0.6 is 6.72 Å². The van der Waals surface area contributed by atoms with Gasteiger partial charge < -0.3 is 32.5 Å². The first-order valence-corrected chi connectivity index (χ1v) is 20.5. The summed E-state index contributed by atoms with van der Waals surface area (Å²) in [6, 6.07) is 29.1. The van der Waals surface area contributed by atoms with Gasteiger partial charge in [-0.15, -0.1) is 0 Å². The molecule has 0 unspecified atom stereocenters. The number of hydrogen-bond acceptors (Lipinski definition) is 12. The number of H-pyrrole nitrogens is 1. The van der Waals surface area contributed by atoms with E-state index in [1.165, 1.54) is 10.8 Å². The van der Waals surface area contributed by atoms with Crippen LogP contribution < -0.4 is 20.7 Å². The summed E-state index contributed by atoms with van der Waals surface area (Å²) in [6.45, 7) is 4.51. The molecule has 0 bridgehead atoms. The number of nitrogens with one attached hydrogen (secondary N) is 1. The van der Waals surface area contributed by atoms with E-state index in [1.54, 1.807) is 48.8 Å². The van der Waals surface area contributed by atoms with Crippen molar-refractivity contribution in [2.75, 3.05) is 20.8 Å². The minimum Gasteiger partial charge on any atom is -0.497 e. The second kappa shape index (κ2) is 17.7. The molecule has 0 radical (unpaired) electrons. The molecule has 1 aromatic heterocycles. The topological polar surface area (TPSA) is 167 Å². The van der Waals surface area contributed by atoms with E-state index in [2.05, 4.69) is 17.1 Å². The second-order valence-corrected chi connectivity index (χ2v) is 17.4. The zero-order valence-corrected chi connectivity index (χ0v) is 34.2. The van der Waals surface area contributed by atoms with Crippen LogP contribution in [0, 0.1) is 29.6 Å². The SMILES string of the molecule is COc1ccc(C(OC[C@H]2O[C@@H](n3cc(C)c(=O)[nH]c3=O)C[C@@H]2OP(=S)(OC(C)(C)CC#N)OC(C)(C)CC#N)(c2ccccc2)c2ccc(OC)cc2)cc1. The van der Waals surface area contributed by atoms with Crippen LogP contribution in [0.1, 0.15) is 75.4 Å². The Balaban J connectivity index is 1.64. The maximum atomic E-state index is 13.2. The molecule has 1 fully saturated rings. The first-order valence-electron chi connectivity index (χ1n) is 18.0. The molecule has 4 aromatic rings. The van der Waals surface area contributed by atoms with Crippen LogP contribution in [0.25, 0.3) is 0 Å². The Kier molecular flexibility index (Phi) is 13.4. The molecule has 13 nitrogen and oxygen atoms in total. The van der Waals surface area contributed by atoms with Crippen molar-refractivity contribution in [1.82, 2.24) is 9.55 Å². The molecule has 0 amide bonds. The molecule has 1 saturated heterocycles. The summed E-state index contributed by atoms with van der Waals surface area (Å²) in [6.07, 6.45) is -1.26. The maximum absolute atomic E-state index is 13.2. The van der Waals surface area contributed by atoms with Crippen molar-refractivity contribution >= 4 is 18.5 Å². The van der Waals surface area contributed by atoms with E-state index < -0.39 is 53.2 Å². The number of benzene rings is 3. The van der Waals surface area contributed by atoms with Gasteiger partial charge in [0.05, 0.1) is 63.1 Å². The third-order valence-electron chi connectivity index (χ3n) is 9.27. The highest BCUT2D eigenvalue weighted by atomic mass is 32.5. The van der Waals surface area contributed by atoms with E-state index in [9.17, 15) is 20.1 Å². The highest BCUT2D eigenvalue weighted by Gasteiger charge is 2.47. The quantitative estimate of drug-likeness (QED) is 0.0845. The van der Waals surface area contributed by atoms with E-state index >= 15 is 0 Å². The normalized spacial score (nSPS) is 17.6. The van der Waals surface area contributed by atoms with Gasteiger partial charge in [-0.3, -0.25) is 14.3 Å². The van der Waals surface area contributed by atoms with Gasteiger partial charge in [-0.2, -0.15) is 10.5 Å². The average Bonchev–Trinajstić information content (AvgIpc) is 3.54. The van der Waals surface area contributed by atoms with Crippen LogP contribution in [0.4, 0.5) is 0 Å². The van der Waals surface area contributed by atoms with E-state index in [1.807, 2.05) is 78.9 Å². The van der Waals surface area contributed by atoms with Gasteiger partial charge in [-0.05, 0) is 87.4 Å². The Labute approximate surface area is 331 Å². The van der Waals surface area contributed by atoms with E-state index in [0.717, 1.165) is 16.7 Å². The minimum absolute atomic E-state index is 0.0253. The number of aromatic amines is 1. The predicted octanol–water partition coefficient (Wildman–Crippen LogP) is 7.19. The van der Waals surface area contributed by atoms with Crippen molar-refractivity contribution in [3.63, 3.8) is 0 Å². The Morgan fingerprint density at radius 2 is 1.34 bits per heavy atom. The van der Waals surface area contributed by atoms with Gasteiger partial charge in [0.15, 0.2) is 0 Å². The van der Waals surface area contributed by atoms with Gasteiger partial charge in [0.1, 0.15) is 29.4 Å². The number of nitriles is 2. The molecule has 3 aromatic carbocycles. The molecule has 0 saturated carbocycles. The summed E-state index contributed by atoms with van der Waals surface area (Å²) in [5.41, 5.74) is -1.91. The lowest BCUT2D eigenvalue weighted by atomic mass is 9.80. The summed E-state index contributed by atoms with van der Waals surface area (Å²) in [4.78, 5) is 27.9. The van der Waals surface area contributed by atoms with Crippen molar-refractivity contribution < 1.29 is 32.5 Å². The molecular formula is C41H47N4O9PS. The molecule has 0 aliphatic carbocycles. The number of methoxy groups -OCH3 is 2. The number of ether oxygens (including phenoxy) is 4. The molecular weight excluding hydrogens is 756 g/mol. The maximum Gasteiger partial charge on any atom is 0.330 e. The smallest absolute Gasteiger partial charge is 0.330 e. The summed E-state index contributed by atoms with van der Waals surface area (Å²) in [5, 5.41) is 19.1. The van der Waals surface area contributed by atoms with Crippen LogP contribution in [0.15, 0.2) is 94.6 Å². The lowest BCUT2D eigenvalue weighted by Crippen LogP contribution is -2.39. The molecule has 1 aliphatic rings. The minimum atomic E-state index is -3.79. The molecule has 5 rings (SSSR count). The van der Waals surface area contributed by atoms with Crippen LogP contribution in [-0.4, -0.2) is 53.8 Å². The number of aromatic nitrogens is 2. The van der Waals surface area contributed by atoms with Crippen LogP contribution in [-0.2, 0) is 40.5 Å². The summed E-state index contributed by atoms with van der Waals surface area (Å²) < 4.78 is 45.5. The van der Waals surface area contributed by atoms with Gasteiger partial charge in [0.2, 0.25) is 0 Å².